The van der Waals surface area contributed by atoms with Crippen LogP contribution in [0.4, 0.5) is 11.6 Å². The SMILES string of the molecule is Cc1ccc(NC(=S)/N=C(\N)Nc2nc(C)c3ccccc3n2)cc1C. The topological polar surface area (TPSA) is 88.2 Å². The number of nitrogens with zero attached hydrogens (tertiary/aromatic N) is 3. The molecule has 0 saturated carbocycles. The van der Waals surface area contributed by atoms with Crippen molar-refractivity contribution in [3.63, 3.8) is 0 Å². The molecule has 0 atom stereocenters. The molecular weight excluding hydrogens is 344 g/mol. The van der Waals surface area contributed by atoms with E-state index in [4.69, 9.17) is 18.0 Å². The Hall–Kier alpha value is -3.06. The van der Waals surface area contributed by atoms with Gasteiger partial charge in [-0.2, -0.15) is 4.99 Å². The summed E-state index contributed by atoms with van der Waals surface area (Å²) in [6, 6.07) is 13.8. The number of thiocarbonyl (C=S) groups is 1. The summed E-state index contributed by atoms with van der Waals surface area (Å²) in [4.78, 5) is 13.0. The van der Waals surface area contributed by atoms with Crippen LogP contribution in [0.3, 0.4) is 0 Å². The van der Waals surface area contributed by atoms with Gasteiger partial charge in [0.15, 0.2) is 0 Å². The molecule has 7 heteroatoms. The highest BCUT2D eigenvalue weighted by Crippen LogP contribution is 2.16. The molecule has 1 aromatic heterocycles. The van der Waals surface area contributed by atoms with Gasteiger partial charge in [0.05, 0.1) is 11.2 Å². The fraction of sp³-hybridized carbons (Fsp3) is 0.158. The normalized spacial score (nSPS) is 11.4. The minimum absolute atomic E-state index is 0.126. The standard InChI is InChI=1S/C19H20N6S/c1-11-8-9-14(10-12(11)2)22-19(26)25-17(20)24-18-21-13(3)15-6-4-5-7-16(15)23-18/h4-10H,1-3H3,(H4,20,21,22,23,24,25,26). The number of nitrogens with one attached hydrogen (secondary N) is 2. The fourth-order valence-electron chi connectivity index (χ4n) is 2.51. The molecule has 3 aromatic rings. The maximum absolute atomic E-state index is 5.94. The predicted octanol–water partition coefficient (Wildman–Crippen LogP) is 3.68. The quantitative estimate of drug-likeness (QED) is 0.365. The van der Waals surface area contributed by atoms with Crippen molar-refractivity contribution in [2.24, 2.45) is 10.7 Å². The van der Waals surface area contributed by atoms with E-state index in [0.29, 0.717) is 5.95 Å². The number of aryl methyl sites for hydroxylation is 3. The summed E-state index contributed by atoms with van der Waals surface area (Å²) >= 11 is 5.25. The van der Waals surface area contributed by atoms with Gasteiger partial charge in [-0.1, -0.05) is 24.3 Å². The lowest BCUT2D eigenvalue weighted by atomic mass is 10.1. The van der Waals surface area contributed by atoms with Crippen molar-refractivity contribution in [3.8, 4) is 0 Å². The second-order valence-corrected chi connectivity index (χ2v) is 6.39. The highest BCUT2D eigenvalue weighted by molar-refractivity contribution is 7.80. The molecule has 26 heavy (non-hydrogen) atoms. The van der Waals surface area contributed by atoms with E-state index in [9.17, 15) is 0 Å². The Labute approximate surface area is 157 Å². The number of anilines is 2. The molecule has 0 aliphatic carbocycles. The van der Waals surface area contributed by atoms with Gasteiger partial charge in [0.1, 0.15) is 0 Å². The van der Waals surface area contributed by atoms with E-state index in [0.717, 1.165) is 22.3 Å². The predicted molar refractivity (Wildman–Crippen MR) is 112 cm³/mol. The minimum atomic E-state index is 0.126. The Balaban J connectivity index is 1.73. The van der Waals surface area contributed by atoms with E-state index in [1.807, 2.05) is 56.3 Å². The third kappa shape index (κ3) is 4.12. The molecule has 2 aromatic carbocycles. The van der Waals surface area contributed by atoms with Crippen molar-refractivity contribution < 1.29 is 0 Å². The van der Waals surface area contributed by atoms with Gasteiger partial charge in [0, 0.05) is 11.1 Å². The Morgan fingerprint density at radius 3 is 2.54 bits per heavy atom. The van der Waals surface area contributed by atoms with E-state index < -0.39 is 0 Å². The van der Waals surface area contributed by atoms with Gasteiger partial charge in [-0.25, -0.2) is 9.97 Å². The van der Waals surface area contributed by atoms with Gasteiger partial charge in [0.25, 0.3) is 0 Å². The van der Waals surface area contributed by atoms with E-state index in [1.54, 1.807) is 0 Å². The maximum atomic E-state index is 5.94. The molecule has 0 aliphatic heterocycles. The first kappa shape index (κ1) is 17.8. The lowest BCUT2D eigenvalue weighted by Gasteiger charge is -2.09. The number of hydrogen-bond donors (Lipinski definition) is 3. The Kier molecular flexibility index (Phi) is 5.09. The summed E-state index contributed by atoms with van der Waals surface area (Å²) in [5, 5.41) is 7.20. The summed E-state index contributed by atoms with van der Waals surface area (Å²) in [5.41, 5.74) is 10.9. The molecule has 132 valence electrons. The van der Waals surface area contributed by atoms with Crippen LogP contribution in [0.2, 0.25) is 0 Å². The highest BCUT2D eigenvalue weighted by Gasteiger charge is 2.06. The molecule has 0 radical (unpaired) electrons. The van der Waals surface area contributed by atoms with Gasteiger partial charge in [0.2, 0.25) is 17.0 Å². The Bertz CT molecular complexity index is 1010. The van der Waals surface area contributed by atoms with Gasteiger partial charge in [-0.3, -0.25) is 5.32 Å². The molecular formula is C19H20N6S. The van der Waals surface area contributed by atoms with Crippen LogP contribution in [0.15, 0.2) is 47.5 Å². The molecule has 1 heterocycles. The van der Waals surface area contributed by atoms with Crippen molar-refractivity contribution in [2.45, 2.75) is 20.8 Å². The molecule has 3 rings (SSSR count). The summed E-state index contributed by atoms with van der Waals surface area (Å²) in [6.07, 6.45) is 0. The number of nitrogens with two attached hydrogens (primary N) is 1. The van der Waals surface area contributed by atoms with Crippen LogP contribution in [0.1, 0.15) is 16.8 Å². The number of guanidine groups is 1. The van der Waals surface area contributed by atoms with Crippen LogP contribution in [0.5, 0.6) is 0 Å². The monoisotopic (exact) mass is 364 g/mol. The van der Waals surface area contributed by atoms with Gasteiger partial charge < -0.3 is 11.1 Å². The molecule has 4 N–H and O–H groups in total. The van der Waals surface area contributed by atoms with E-state index in [2.05, 4.69) is 32.5 Å². The Morgan fingerprint density at radius 1 is 1.00 bits per heavy atom. The van der Waals surface area contributed by atoms with Crippen LogP contribution >= 0.6 is 12.2 Å². The highest BCUT2D eigenvalue weighted by atomic mass is 32.1. The van der Waals surface area contributed by atoms with E-state index >= 15 is 0 Å². The zero-order valence-electron chi connectivity index (χ0n) is 14.9. The third-order valence-electron chi connectivity index (χ3n) is 4.01. The first-order chi connectivity index (χ1) is 12.4. The molecule has 0 aliphatic rings. The molecule has 0 unspecified atom stereocenters. The Morgan fingerprint density at radius 2 is 1.77 bits per heavy atom. The smallest absolute Gasteiger partial charge is 0.230 e. The second-order valence-electron chi connectivity index (χ2n) is 6.00. The second kappa shape index (κ2) is 7.45. The zero-order valence-corrected chi connectivity index (χ0v) is 15.7. The van der Waals surface area contributed by atoms with Crippen molar-refractivity contribution in [2.75, 3.05) is 10.6 Å². The largest absolute Gasteiger partial charge is 0.369 e. The molecule has 6 nitrogen and oxygen atoms in total. The first-order valence-corrected chi connectivity index (χ1v) is 8.56. The summed E-state index contributed by atoms with van der Waals surface area (Å²) < 4.78 is 0. The molecule has 0 amide bonds. The summed E-state index contributed by atoms with van der Waals surface area (Å²) in [5.74, 6) is 0.512. The number of aromatic nitrogens is 2. The number of fused-ring (bicyclic) bond motifs is 1. The molecule has 0 fully saturated rings. The third-order valence-corrected chi connectivity index (χ3v) is 4.21. The lowest BCUT2D eigenvalue weighted by molar-refractivity contribution is 1.15. The zero-order chi connectivity index (χ0) is 18.7. The number of rotatable bonds is 2. The van der Waals surface area contributed by atoms with Crippen LogP contribution in [-0.4, -0.2) is 21.0 Å². The average Bonchev–Trinajstić information content (AvgIpc) is 2.58. The molecule has 0 bridgehead atoms. The molecule has 0 spiro atoms. The van der Waals surface area contributed by atoms with E-state index in [-0.39, 0.29) is 11.1 Å². The van der Waals surface area contributed by atoms with Gasteiger partial charge in [-0.05, 0) is 62.3 Å². The summed E-state index contributed by atoms with van der Waals surface area (Å²) in [7, 11) is 0. The van der Waals surface area contributed by atoms with Gasteiger partial charge in [-0.15, -0.1) is 0 Å². The maximum Gasteiger partial charge on any atom is 0.230 e. The van der Waals surface area contributed by atoms with Crippen LogP contribution in [0.25, 0.3) is 10.9 Å². The lowest BCUT2D eigenvalue weighted by Crippen LogP contribution is -2.26. The van der Waals surface area contributed by atoms with Crippen LogP contribution < -0.4 is 16.4 Å². The van der Waals surface area contributed by atoms with Crippen molar-refractivity contribution in [3.05, 3.63) is 59.3 Å². The summed E-state index contributed by atoms with van der Waals surface area (Å²) in [6.45, 7) is 6.03. The fourth-order valence-corrected chi connectivity index (χ4v) is 2.73. The first-order valence-electron chi connectivity index (χ1n) is 8.15. The van der Waals surface area contributed by atoms with Crippen molar-refractivity contribution in [1.29, 1.82) is 0 Å². The molecule has 0 saturated heterocycles. The number of benzene rings is 2. The van der Waals surface area contributed by atoms with Gasteiger partial charge >= 0.3 is 0 Å². The van der Waals surface area contributed by atoms with Crippen molar-refractivity contribution in [1.82, 2.24) is 9.97 Å². The average molecular weight is 364 g/mol. The number of para-hydroxylation sites is 1. The minimum Gasteiger partial charge on any atom is -0.369 e. The number of hydrogen-bond acceptors (Lipinski definition) is 3. The van der Waals surface area contributed by atoms with Crippen molar-refractivity contribution >= 4 is 45.8 Å². The van der Waals surface area contributed by atoms with Crippen LogP contribution in [-0.2, 0) is 0 Å². The van der Waals surface area contributed by atoms with Crippen LogP contribution in [0, 0.1) is 20.8 Å². The number of aliphatic imine (C=N–C) groups is 1. The van der Waals surface area contributed by atoms with E-state index in [1.165, 1.54) is 11.1 Å².